The summed E-state index contributed by atoms with van der Waals surface area (Å²) < 4.78 is 15.6. The highest BCUT2D eigenvalue weighted by Crippen LogP contribution is 2.17. The number of hydrogen-bond donors (Lipinski definition) is 1. The Labute approximate surface area is 225 Å². The standard InChI is InChI=1S/C31H25NO7/c1-20-3-5-24(6-4-20)31(36)39-27-17-9-21(10-18-27)28(33)19-38-30(35)23-7-13-25(14-8-23)32-29(34)22-11-15-26(37-2)16-12-22/h3-18H,19H2,1-2H3,(H,32,34). The van der Waals surface area contributed by atoms with Crippen molar-refractivity contribution in [2.45, 2.75) is 6.92 Å². The maximum absolute atomic E-state index is 12.5. The molecule has 0 aromatic heterocycles. The van der Waals surface area contributed by atoms with Crippen molar-refractivity contribution in [2.24, 2.45) is 0 Å². The van der Waals surface area contributed by atoms with Gasteiger partial charge in [-0.25, -0.2) is 9.59 Å². The van der Waals surface area contributed by atoms with Crippen LogP contribution in [0.3, 0.4) is 0 Å². The minimum absolute atomic E-state index is 0.226. The molecule has 0 unspecified atom stereocenters. The van der Waals surface area contributed by atoms with Gasteiger partial charge in [0.1, 0.15) is 11.5 Å². The molecule has 1 N–H and O–H groups in total. The van der Waals surface area contributed by atoms with Gasteiger partial charge < -0.3 is 19.5 Å². The summed E-state index contributed by atoms with van der Waals surface area (Å²) in [6, 6.07) is 25.7. The molecule has 0 saturated carbocycles. The average molecular weight is 524 g/mol. The van der Waals surface area contributed by atoms with Crippen LogP contribution in [0, 0.1) is 6.92 Å². The lowest BCUT2D eigenvalue weighted by molar-refractivity contribution is 0.0474. The monoisotopic (exact) mass is 523 g/mol. The number of esters is 2. The van der Waals surface area contributed by atoms with Crippen LogP contribution in [0.4, 0.5) is 5.69 Å². The first-order valence-electron chi connectivity index (χ1n) is 12.0. The largest absolute Gasteiger partial charge is 0.497 e. The van der Waals surface area contributed by atoms with Gasteiger partial charge in [-0.1, -0.05) is 17.7 Å². The maximum Gasteiger partial charge on any atom is 0.343 e. The fraction of sp³-hybridized carbons (Fsp3) is 0.0968. The van der Waals surface area contributed by atoms with E-state index in [1.807, 2.05) is 19.1 Å². The third kappa shape index (κ3) is 7.17. The second-order valence-corrected chi connectivity index (χ2v) is 8.54. The molecule has 0 radical (unpaired) electrons. The number of methoxy groups -OCH3 is 1. The van der Waals surface area contributed by atoms with Crippen molar-refractivity contribution in [2.75, 3.05) is 19.0 Å². The number of ether oxygens (including phenoxy) is 3. The van der Waals surface area contributed by atoms with E-state index in [1.54, 1.807) is 55.6 Å². The Morgan fingerprint density at radius 3 is 1.74 bits per heavy atom. The first-order chi connectivity index (χ1) is 18.8. The summed E-state index contributed by atoms with van der Waals surface area (Å²) in [6.45, 7) is 1.46. The second-order valence-electron chi connectivity index (χ2n) is 8.54. The third-order valence-electron chi connectivity index (χ3n) is 5.74. The van der Waals surface area contributed by atoms with Crippen LogP contribution in [0.5, 0.6) is 11.5 Å². The molecule has 0 aliphatic carbocycles. The number of hydrogen-bond acceptors (Lipinski definition) is 7. The lowest BCUT2D eigenvalue weighted by Gasteiger charge is -2.08. The van der Waals surface area contributed by atoms with Gasteiger partial charge in [0.2, 0.25) is 0 Å². The molecule has 0 spiro atoms. The van der Waals surface area contributed by atoms with Crippen LogP contribution in [-0.4, -0.2) is 37.3 Å². The molecule has 8 nitrogen and oxygen atoms in total. The normalized spacial score (nSPS) is 10.3. The van der Waals surface area contributed by atoms with E-state index in [9.17, 15) is 19.2 Å². The van der Waals surface area contributed by atoms with Gasteiger partial charge in [-0.15, -0.1) is 0 Å². The van der Waals surface area contributed by atoms with Gasteiger partial charge in [0.25, 0.3) is 5.91 Å². The molecule has 39 heavy (non-hydrogen) atoms. The van der Waals surface area contributed by atoms with Crippen molar-refractivity contribution in [3.8, 4) is 11.5 Å². The SMILES string of the molecule is COc1ccc(C(=O)Nc2ccc(C(=O)OCC(=O)c3ccc(OC(=O)c4ccc(C)cc4)cc3)cc2)cc1. The van der Waals surface area contributed by atoms with Gasteiger partial charge in [0.05, 0.1) is 18.2 Å². The molecule has 0 saturated heterocycles. The van der Waals surface area contributed by atoms with Gasteiger partial charge in [-0.3, -0.25) is 9.59 Å². The second kappa shape index (κ2) is 12.3. The predicted octanol–water partition coefficient (Wildman–Crippen LogP) is 5.51. The molecular formula is C31H25NO7. The van der Waals surface area contributed by atoms with Gasteiger partial charge >= 0.3 is 11.9 Å². The quantitative estimate of drug-likeness (QED) is 0.175. The molecular weight excluding hydrogens is 498 g/mol. The van der Waals surface area contributed by atoms with Crippen LogP contribution in [0.1, 0.15) is 47.0 Å². The van der Waals surface area contributed by atoms with Crippen LogP contribution >= 0.6 is 0 Å². The van der Waals surface area contributed by atoms with Crippen LogP contribution in [0.15, 0.2) is 97.1 Å². The van der Waals surface area contributed by atoms with E-state index in [-0.39, 0.29) is 17.2 Å². The Morgan fingerprint density at radius 1 is 0.615 bits per heavy atom. The molecule has 8 heteroatoms. The van der Waals surface area contributed by atoms with Crippen LogP contribution < -0.4 is 14.8 Å². The Kier molecular flexibility index (Phi) is 8.48. The summed E-state index contributed by atoms with van der Waals surface area (Å²) in [7, 11) is 1.54. The topological polar surface area (TPSA) is 108 Å². The van der Waals surface area contributed by atoms with Crippen molar-refractivity contribution in [3.05, 3.63) is 125 Å². The van der Waals surface area contributed by atoms with Crippen LogP contribution in [-0.2, 0) is 4.74 Å². The number of amides is 1. The zero-order valence-corrected chi connectivity index (χ0v) is 21.3. The molecule has 0 heterocycles. The molecule has 0 atom stereocenters. The van der Waals surface area contributed by atoms with Gasteiger partial charge in [-0.05, 0) is 91.9 Å². The summed E-state index contributed by atoms with van der Waals surface area (Å²) in [5.74, 6) is -0.982. The van der Waals surface area contributed by atoms with Crippen molar-refractivity contribution >= 4 is 29.3 Å². The zero-order chi connectivity index (χ0) is 27.8. The van der Waals surface area contributed by atoms with Crippen LogP contribution in [0.25, 0.3) is 0 Å². The lowest BCUT2D eigenvalue weighted by atomic mass is 10.1. The van der Waals surface area contributed by atoms with E-state index in [2.05, 4.69) is 5.32 Å². The summed E-state index contributed by atoms with van der Waals surface area (Å²) >= 11 is 0. The van der Waals surface area contributed by atoms with Crippen molar-refractivity contribution in [1.29, 1.82) is 0 Å². The van der Waals surface area contributed by atoms with E-state index in [0.717, 1.165) is 5.56 Å². The van der Waals surface area contributed by atoms with E-state index in [0.29, 0.717) is 28.1 Å². The number of nitrogens with one attached hydrogen (secondary N) is 1. The highest BCUT2D eigenvalue weighted by molar-refractivity contribution is 6.04. The molecule has 1 amide bonds. The van der Waals surface area contributed by atoms with Crippen molar-refractivity contribution in [3.63, 3.8) is 0 Å². The maximum atomic E-state index is 12.5. The zero-order valence-electron chi connectivity index (χ0n) is 21.3. The first kappa shape index (κ1) is 26.8. The minimum atomic E-state index is -0.681. The number of carbonyl (C=O) groups excluding carboxylic acids is 4. The van der Waals surface area contributed by atoms with E-state index < -0.39 is 24.3 Å². The fourth-order valence-corrected chi connectivity index (χ4v) is 3.50. The molecule has 4 aromatic rings. The number of aryl methyl sites for hydroxylation is 1. The van der Waals surface area contributed by atoms with Gasteiger partial charge in [0.15, 0.2) is 12.4 Å². The number of ketones is 1. The highest BCUT2D eigenvalue weighted by atomic mass is 16.5. The van der Waals surface area contributed by atoms with Crippen molar-refractivity contribution < 1.29 is 33.4 Å². The number of anilines is 1. The average Bonchev–Trinajstić information content (AvgIpc) is 2.96. The van der Waals surface area contributed by atoms with Gasteiger partial charge in [-0.2, -0.15) is 0 Å². The Balaban J connectivity index is 1.26. The number of carbonyl (C=O) groups is 4. The van der Waals surface area contributed by atoms with E-state index >= 15 is 0 Å². The van der Waals surface area contributed by atoms with E-state index in [4.69, 9.17) is 14.2 Å². The summed E-state index contributed by atoms with van der Waals surface area (Å²) in [5, 5.41) is 2.74. The molecule has 0 fully saturated rings. The molecule has 4 rings (SSSR count). The Bertz CT molecular complexity index is 1470. The van der Waals surface area contributed by atoms with E-state index in [1.165, 1.54) is 36.4 Å². The highest BCUT2D eigenvalue weighted by Gasteiger charge is 2.14. The number of Topliss-reactive ketones (excluding diaryl/α,β-unsaturated/α-hetero) is 1. The molecule has 196 valence electrons. The molecule has 4 aromatic carbocycles. The predicted molar refractivity (Wildman–Crippen MR) is 145 cm³/mol. The molecule has 0 bridgehead atoms. The number of rotatable bonds is 9. The van der Waals surface area contributed by atoms with Crippen LogP contribution in [0.2, 0.25) is 0 Å². The minimum Gasteiger partial charge on any atom is -0.497 e. The third-order valence-corrected chi connectivity index (χ3v) is 5.74. The Morgan fingerprint density at radius 2 is 1.13 bits per heavy atom. The van der Waals surface area contributed by atoms with Gasteiger partial charge in [0, 0.05) is 16.8 Å². The lowest BCUT2D eigenvalue weighted by Crippen LogP contribution is -2.15. The first-order valence-corrected chi connectivity index (χ1v) is 12.0. The molecule has 0 aliphatic rings. The smallest absolute Gasteiger partial charge is 0.343 e. The Hall–Kier alpha value is -5.24. The number of benzene rings is 4. The molecule has 0 aliphatic heterocycles. The van der Waals surface area contributed by atoms with Crippen molar-refractivity contribution in [1.82, 2.24) is 0 Å². The fourth-order valence-electron chi connectivity index (χ4n) is 3.50. The summed E-state index contributed by atoms with van der Waals surface area (Å²) in [6.07, 6.45) is 0. The summed E-state index contributed by atoms with van der Waals surface area (Å²) in [5.41, 5.74) is 2.92. The summed E-state index contributed by atoms with van der Waals surface area (Å²) in [4.78, 5) is 49.5.